The Morgan fingerprint density at radius 1 is 1.45 bits per heavy atom. The van der Waals surface area contributed by atoms with Gasteiger partial charge in [-0.3, -0.25) is 4.79 Å². The molecule has 0 radical (unpaired) electrons. The second-order valence-electron chi connectivity index (χ2n) is 1.61. The average molecular weight is 188 g/mol. The van der Waals surface area contributed by atoms with E-state index in [1.807, 2.05) is 0 Å². The number of halogens is 1. The van der Waals surface area contributed by atoms with Gasteiger partial charge in [0.2, 0.25) is 5.91 Å². The molecule has 0 bridgehead atoms. The second-order valence-corrected chi connectivity index (χ2v) is 1.87. The summed E-state index contributed by atoms with van der Waals surface area (Å²) in [6.07, 6.45) is -0.178. The topological polar surface area (TPSA) is 69.2 Å². The smallest absolute Gasteiger partial charge is 0.550 e. The largest absolute Gasteiger partial charge is 1.00 e. The Labute approximate surface area is 91.6 Å². The Balaban J connectivity index is 0. The first kappa shape index (κ1) is 13.8. The van der Waals surface area contributed by atoms with E-state index in [-0.39, 0.29) is 54.3 Å². The first-order chi connectivity index (χ1) is 4.66. The van der Waals surface area contributed by atoms with E-state index in [9.17, 15) is 14.7 Å². The quantitative estimate of drug-likeness (QED) is 0.356. The molecule has 1 amide bonds. The van der Waals surface area contributed by atoms with E-state index in [4.69, 9.17) is 11.6 Å². The van der Waals surface area contributed by atoms with Crippen molar-refractivity contribution < 1.29 is 44.3 Å². The number of rotatable bonds is 4. The van der Waals surface area contributed by atoms with E-state index < -0.39 is 5.97 Å². The fourth-order valence-corrected chi connectivity index (χ4v) is 0.446. The molecule has 0 aliphatic heterocycles. The molecule has 0 unspecified atom stereocenters. The van der Waals surface area contributed by atoms with Crippen molar-refractivity contribution in [2.24, 2.45) is 0 Å². The van der Waals surface area contributed by atoms with Crippen LogP contribution in [-0.4, -0.2) is 24.3 Å². The molecule has 0 fully saturated rings. The molecule has 0 aromatic carbocycles. The summed E-state index contributed by atoms with van der Waals surface area (Å²) < 4.78 is 0. The van der Waals surface area contributed by atoms with Gasteiger partial charge in [0.1, 0.15) is 5.88 Å². The van der Waals surface area contributed by atoms with E-state index in [2.05, 4.69) is 5.32 Å². The van der Waals surface area contributed by atoms with Crippen LogP contribution in [-0.2, 0) is 9.59 Å². The van der Waals surface area contributed by atoms with Crippen LogP contribution < -0.4 is 40.0 Å². The number of hydrogen-bond donors (Lipinski definition) is 1. The molecule has 4 nitrogen and oxygen atoms in total. The zero-order valence-corrected chi connectivity index (χ0v) is 8.98. The number of hydrogen-bond acceptors (Lipinski definition) is 3. The van der Waals surface area contributed by atoms with Gasteiger partial charge in [-0.05, 0) is 0 Å². The Bertz CT molecular complexity index is 142. The maximum absolute atomic E-state index is 10.3. The van der Waals surface area contributed by atoms with Crippen LogP contribution in [0.15, 0.2) is 0 Å². The van der Waals surface area contributed by atoms with Gasteiger partial charge in [-0.25, -0.2) is 0 Å². The predicted octanol–water partition coefficient (Wildman–Crippen LogP) is -4.51. The standard InChI is InChI=1S/C5H8ClNO3.Na/c6-3-4(8)7-2-1-5(9)10;/h1-3H2,(H,7,8)(H,9,10);/q;+1/p-1. The Kier molecular flexibility index (Phi) is 10.4. The van der Waals surface area contributed by atoms with Crippen molar-refractivity contribution >= 4 is 23.5 Å². The third-order valence-corrected chi connectivity index (χ3v) is 1.02. The van der Waals surface area contributed by atoms with Gasteiger partial charge in [0.15, 0.2) is 0 Å². The molecule has 0 saturated carbocycles. The van der Waals surface area contributed by atoms with E-state index in [1.165, 1.54) is 0 Å². The molecule has 0 atom stereocenters. The number of carboxylic acid groups (broad SMARTS) is 1. The SMILES string of the molecule is O=C([O-])CCNC(=O)CCl.[Na+]. The molecule has 0 aliphatic carbocycles. The van der Waals surface area contributed by atoms with E-state index in [0.717, 1.165) is 0 Å². The zero-order chi connectivity index (χ0) is 7.98. The number of amides is 1. The second kappa shape index (κ2) is 8.33. The molecule has 0 aliphatic rings. The molecule has 0 saturated heterocycles. The van der Waals surface area contributed by atoms with Gasteiger partial charge in [-0.15, -0.1) is 11.6 Å². The molecule has 6 heteroatoms. The Morgan fingerprint density at radius 2 is 2.00 bits per heavy atom. The van der Waals surface area contributed by atoms with Crippen molar-refractivity contribution in [2.75, 3.05) is 12.4 Å². The number of carboxylic acids is 1. The van der Waals surface area contributed by atoms with Gasteiger partial charge in [-0.2, -0.15) is 0 Å². The molecule has 1 N–H and O–H groups in total. The summed E-state index contributed by atoms with van der Waals surface area (Å²) in [5.41, 5.74) is 0. The molecular weight excluding hydrogens is 181 g/mol. The van der Waals surface area contributed by atoms with Crippen molar-refractivity contribution in [3.8, 4) is 0 Å². The molecule has 0 spiro atoms. The van der Waals surface area contributed by atoms with Crippen LogP contribution in [0.1, 0.15) is 6.42 Å². The summed E-state index contributed by atoms with van der Waals surface area (Å²) in [6, 6.07) is 0. The van der Waals surface area contributed by atoms with Gasteiger partial charge in [0.25, 0.3) is 0 Å². The molecule has 0 heterocycles. The van der Waals surface area contributed by atoms with Crippen LogP contribution in [0.25, 0.3) is 0 Å². The van der Waals surface area contributed by atoms with Gasteiger partial charge >= 0.3 is 29.6 Å². The minimum absolute atomic E-state index is 0. The van der Waals surface area contributed by atoms with Crippen LogP contribution in [0.3, 0.4) is 0 Å². The maximum atomic E-state index is 10.3. The monoisotopic (exact) mass is 187 g/mol. The predicted molar refractivity (Wildman–Crippen MR) is 33.4 cm³/mol. The molecular formula is C5H7ClNNaO3. The van der Waals surface area contributed by atoms with E-state index in [0.29, 0.717) is 0 Å². The van der Waals surface area contributed by atoms with Crippen molar-refractivity contribution in [1.29, 1.82) is 0 Å². The van der Waals surface area contributed by atoms with Crippen molar-refractivity contribution in [3.05, 3.63) is 0 Å². The van der Waals surface area contributed by atoms with Crippen LogP contribution in [0, 0.1) is 0 Å². The zero-order valence-electron chi connectivity index (χ0n) is 6.22. The van der Waals surface area contributed by atoms with Crippen LogP contribution in [0.5, 0.6) is 0 Å². The van der Waals surface area contributed by atoms with Crippen LogP contribution >= 0.6 is 11.6 Å². The molecule has 11 heavy (non-hydrogen) atoms. The number of nitrogens with one attached hydrogen (secondary N) is 1. The minimum Gasteiger partial charge on any atom is -0.550 e. The van der Waals surface area contributed by atoms with Crippen molar-refractivity contribution in [1.82, 2.24) is 5.32 Å². The first-order valence-corrected chi connectivity index (χ1v) is 3.22. The molecule has 0 rings (SSSR count). The number of carbonyl (C=O) groups is 2. The maximum Gasteiger partial charge on any atom is 1.00 e. The average Bonchev–Trinajstić information content (AvgIpc) is 1.87. The Morgan fingerprint density at radius 3 is 2.36 bits per heavy atom. The summed E-state index contributed by atoms with van der Waals surface area (Å²) in [5.74, 6) is -1.70. The van der Waals surface area contributed by atoms with E-state index in [1.54, 1.807) is 0 Å². The summed E-state index contributed by atoms with van der Waals surface area (Å²) in [4.78, 5) is 20.1. The number of alkyl halides is 1. The fraction of sp³-hybridized carbons (Fsp3) is 0.600. The third-order valence-electron chi connectivity index (χ3n) is 0.773. The van der Waals surface area contributed by atoms with Crippen LogP contribution in [0.2, 0.25) is 0 Å². The summed E-state index contributed by atoms with van der Waals surface area (Å²) in [5, 5.41) is 12.0. The van der Waals surface area contributed by atoms with Gasteiger partial charge < -0.3 is 15.2 Å². The third kappa shape index (κ3) is 10.2. The Hall–Kier alpha value is 0.230. The van der Waals surface area contributed by atoms with Gasteiger partial charge in [0, 0.05) is 18.9 Å². The fourth-order valence-electron chi connectivity index (χ4n) is 0.351. The molecule has 58 valence electrons. The van der Waals surface area contributed by atoms with Gasteiger partial charge in [-0.1, -0.05) is 0 Å². The first-order valence-electron chi connectivity index (χ1n) is 2.69. The molecule has 0 aromatic rings. The molecule has 0 aromatic heterocycles. The summed E-state index contributed by atoms with van der Waals surface area (Å²) in [6.45, 7) is 0.0773. The number of carbonyl (C=O) groups excluding carboxylic acids is 2. The normalized spacial score (nSPS) is 8.09. The minimum atomic E-state index is -1.19. The van der Waals surface area contributed by atoms with Crippen molar-refractivity contribution in [2.45, 2.75) is 6.42 Å². The van der Waals surface area contributed by atoms with E-state index >= 15 is 0 Å². The van der Waals surface area contributed by atoms with Gasteiger partial charge in [0.05, 0.1) is 0 Å². The van der Waals surface area contributed by atoms with Crippen LogP contribution in [0.4, 0.5) is 0 Å². The van der Waals surface area contributed by atoms with Crippen molar-refractivity contribution in [3.63, 3.8) is 0 Å². The number of aliphatic carboxylic acids is 1. The summed E-state index contributed by atoms with van der Waals surface area (Å²) in [7, 11) is 0. The summed E-state index contributed by atoms with van der Waals surface area (Å²) >= 11 is 5.09.